The molecule has 11 aromatic rings. The van der Waals surface area contributed by atoms with Gasteiger partial charge in [-0.05, 0) is 71.8 Å². The van der Waals surface area contributed by atoms with Crippen molar-refractivity contribution < 1.29 is 0 Å². The van der Waals surface area contributed by atoms with Crippen LogP contribution in [0, 0.1) is 0 Å². The van der Waals surface area contributed by atoms with Gasteiger partial charge in [0.1, 0.15) is 5.69 Å². The number of aromatic nitrogens is 5. The number of nitrogens with zero attached hydrogens (tertiary/aromatic N) is 5. The predicted molar refractivity (Wildman–Crippen MR) is 230 cm³/mol. The molecule has 0 fully saturated rings. The normalized spacial score (nSPS) is 11.6. The van der Waals surface area contributed by atoms with Crippen molar-refractivity contribution in [1.82, 2.24) is 24.1 Å². The van der Waals surface area contributed by atoms with Crippen LogP contribution in [0.1, 0.15) is 0 Å². The van der Waals surface area contributed by atoms with E-state index < -0.39 is 0 Å². The number of benzene rings is 7. The second-order valence-electron chi connectivity index (χ2n) is 14.1. The highest BCUT2D eigenvalue weighted by Gasteiger charge is 2.19. The van der Waals surface area contributed by atoms with Crippen molar-refractivity contribution in [1.29, 1.82) is 0 Å². The number of para-hydroxylation sites is 3. The van der Waals surface area contributed by atoms with Crippen molar-refractivity contribution >= 4 is 43.6 Å². The molecule has 0 bridgehead atoms. The van der Waals surface area contributed by atoms with Gasteiger partial charge >= 0.3 is 0 Å². The molecule has 11 rings (SSSR count). The standard InChI is InChI=1S/C51H33N5/c1-4-15-34(16-5-1)37-32-45(35-17-6-2-7-18-35)52-46(33-37)49-42-24-10-12-25-44(42)53-51(54-49)36-19-14-22-39(31-36)56-48-26-13-11-23-40(48)41-27-28-47-43(50(41)56)29-30-55(47)38-20-8-3-9-21-38/h1-33H. The Hall–Kier alpha value is -7.63. The highest BCUT2D eigenvalue weighted by atomic mass is 15.0. The minimum Gasteiger partial charge on any atom is -0.316 e. The smallest absolute Gasteiger partial charge is 0.160 e. The molecule has 0 amide bonds. The molecule has 0 aliphatic rings. The zero-order valence-electron chi connectivity index (χ0n) is 30.3. The lowest BCUT2D eigenvalue weighted by Gasteiger charge is -2.14. The summed E-state index contributed by atoms with van der Waals surface area (Å²) in [5.74, 6) is 0.648. The summed E-state index contributed by atoms with van der Waals surface area (Å²) in [7, 11) is 0. The Morgan fingerprint density at radius 3 is 1.84 bits per heavy atom. The quantitative estimate of drug-likeness (QED) is 0.172. The number of fused-ring (bicyclic) bond motifs is 6. The van der Waals surface area contributed by atoms with Crippen LogP contribution in [0.3, 0.4) is 0 Å². The first-order valence-electron chi connectivity index (χ1n) is 18.9. The van der Waals surface area contributed by atoms with E-state index in [4.69, 9.17) is 15.0 Å². The summed E-state index contributed by atoms with van der Waals surface area (Å²) in [5, 5.41) is 4.57. The van der Waals surface area contributed by atoms with Crippen LogP contribution in [0.4, 0.5) is 0 Å². The first kappa shape index (κ1) is 31.9. The molecule has 0 aliphatic heterocycles. The molecule has 0 unspecified atom stereocenters. The fraction of sp³-hybridized carbons (Fsp3) is 0. The van der Waals surface area contributed by atoms with Gasteiger partial charge in [-0.25, -0.2) is 15.0 Å². The maximum Gasteiger partial charge on any atom is 0.160 e. The van der Waals surface area contributed by atoms with Gasteiger partial charge in [0.05, 0.1) is 33.5 Å². The molecule has 5 heteroatoms. The predicted octanol–water partition coefficient (Wildman–Crippen LogP) is 12.7. The number of pyridine rings is 1. The lowest BCUT2D eigenvalue weighted by atomic mass is 10.0. The largest absolute Gasteiger partial charge is 0.316 e. The molecule has 0 N–H and O–H groups in total. The Morgan fingerprint density at radius 1 is 0.357 bits per heavy atom. The molecule has 262 valence electrons. The van der Waals surface area contributed by atoms with Gasteiger partial charge in [-0.15, -0.1) is 0 Å². The zero-order valence-corrected chi connectivity index (χ0v) is 30.3. The maximum atomic E-state index is 5.36. The molecule has 4 heterocycles. The van der Waals surface area contributed by atoms with Crippen molar-refractivity contribution in [3.63, 3.8) is 0 Å². The first-order chi connectivity index (χ1) is 27.8. The Morgan fingerprint density at radius 2 is 1.02 bits per heavy atom. The molecule has 56 heavy (non-hydrogen) atoms. The Bertz CT molecular complexity index is 3180. The average Bonchev–Trinajstić information content (AvgIpc) is 3.87. The molecular weight excluding hydrogens is 683 g/mol. The molecule has 7 aromatic carbocycles. The molecule has 0 aliphatic carbocycles. The second-order valence-corrected chi connectivity index (χ2v) is 14.1. The van der Waals surface area contributed by atoms with E-state index in [1.165, 1.54) is 21.7 Å². The van der Waals surface area contributed by atoms with Crippen molar-refractivity contribution in [2.75, 3.05) is 0 Å². The van der Waals surface area contributed by atoms with Gasteiger partial charge < -0.3 is 9.13 Å². The van der Waals surface area contributed by atoms with Crippen LogP contribution in [-0.2, 0) is 0 Å². The summed E-state index contributed by atoms with van der Waals surface area (Å²) in [4.78, 5) is 15.8. The third-order valence-electron chi connectivity index (χ3n) is 10.7. The third-order valence-corrected chi connectivity index (χ3v) is 10.7. The van der Waals surface area contributed by atoms with Crippen LogP contribution in [-0.4, -0.2) is 24.1 Å². The third kappa shape index (κ3) is 5.29. The number of rotatable bonds is 6. The fourth-order valence-corrected chi connectivity index (χ4v) is 8.15. The van der Waals surface area contributed by atoms with Crippen LogP contribution >= 0.6 is 0 Å². The highest BCUT2D eigenvalue weighted by Crippen LogP contribution is 2.39. The van der Waals surface area contributed by atoms with Crippen molar-refractivity contribution in [2.24, 2.45) is 0 Å². The van der Waals surface area contributed by atoms with E-state index in [9.17, 15) is 0 Å². The van der Waals surface area contributed by atoms with Gasteiger partial charge in [0.15, 0.2) is 5.82 Å². The summed E-state index contributed by atoms with van der Waals surface area (Å²) in [6.45, 7) is 0. The SMILES string of the molecule is c1ccc(-c2cc(-c3ccccc3)nc(-c3nc(-c4cccc(-n5c6ccccc6c6ccc7c(ccn7-c7ccccc7)c65)c4)nc4ccccc34)c2)cc1. The maximum absolute atomic E-state index is 5.36. The second kappa shape index (κ2) is 13.0. The molecule has 0 atom stereocenters. The minimum absolute atomic E-state index is 0.648. The zero-order chi connectivity index (χ0) is 37.0. The van der Waals surface area contributed by atoms with Gasteiger partial charge in [0.2, 0.25) is 0 Å². The van der Waals surface area contributed by atoms with Gasteiger partial charge in [-0.1, -0.05) is 133 Å². The molecule has 0 saturated carbocycles. The van der Waals surface area contributed by atoms with Gasteiger partial charge in [0.25, 0.3) is 0 Å². The highest BCUT2D eigenvalue weighted by molar-refractivity contribution is 6.18. The van der Waals surface area contributed by atoms with Crippen LogP contribution in [0.5, 0.6) is 0 Å². The minimum atomic E-state index is 0.648. The van der Waals surface area contributed by atoms with E-state index >= 15 is 0 Å². The molecular formula is C51H33N5. The fourth-order valence-electron chi connectivity index (χ4n) is 8.15. The molecule has 0 saturated heterocycles. The van der Waals surface area contributed by atoms with Gasteiger partial charge in [-0.2, -0.15) is 0 Å². The molecule has 0 radical (unpaired) electrons. The Labute approximate surface area is 323 Å². The summed E-state index contributed by atoms with van der Waals surface area (Å²) in [6.07, 6.45) is 2.17. The summed E-state index contributed by atoms with van der Waals surface area (Å²) in [5.41, 5.74) is 13.2. The Balaban J connectivity index is 1.12. The van der Waals surface area contributed by atoms with E-state index in [0.29, 0.717) is 5.82 Å². The molecule has 4 aromatic heterocycles. The number of hydrogen-bond donors (Lipinski definition) is 0. The Kier molecular flexibility index (Phi) is 7.42. The molecule has 5 nitrogen and oxygen atoms in total. The van der Waals surface area contributed by atoms with E-state index in [0.717, 1.165) is 72.6 Å². The summed E-state index contributed by atoms with van der Waals surface area (Å²) >= 11 is 0. The monoisotopic (exact) mass is 715 g/mol. The van der Waals surface area contributed by atoms with Crippen LogP contribution in [0.15, 0.2) is 200 Å². The first-order valence-corrected chi connectivity index (χ1v) is 18.9. The summed E-state index contributed by atoms with van der Waals surface area (Å²) in [6, 6.07) is 67.9. The lowest BCUT2D eigenvalue weighted by molar-refractivity contribution is 1.13. The van der Waals surface area contributed by atoms with Crippen LogP contribution < -0.4 is 0 Å². The summed E-state index contributed by atoms with van der Waals surface area (Å²) < 4.78 is 4.66. The van der Waals surface area contributed by atoms with Gasteiger partial charge in [0, 0.05) is 50.2 Å². The topological polar surface area (TPSA) is 48.5 Å². The van der Waals surface area contributed by atoms with E-state index in [-0.39, 0.29) is 0 Å². The number of hydrogen-bond acceptors (Lipinski definition) is 3. The van der Waals surface area contributed by atoms with Crippen molar-refractivity contribution in [3.05, 3.63) is 200 Å². The van der Waals surface area contributed by atoms with Crippen LogP contribution in [0.2, 0.25) is 0 Å². The van der Waals surface area contributed by atoms with Gasteiger partial charge in [-0.3, -0.25) is 0 Å². The van der Waals surface area contributed by atoms with E-state index in [1.807, 2.05) is 24.3 Å². The van der Waals surface area contributed by atoms with E-state index in [1.54, 1.807) is 0 Å². The van der Waals surface area contributed by atoms with E-state index in [2.05, 4.69) is 185 Å². The average molecular weight is 716 g/mol. The molecule has 0 spiro atoms. The lowest BCUT2D eigenvalue weighted by Crippen LogP contribution is -1.99. The van der Waals surface area contributed by atoms with Crippen molar-refractivity contribution in [2.45, 2.75) is 0 Å². The van der Waals surface area contributed by atoms with Crippen LogP contribution in [0.25, 0.3) is 100 Å². The van der Waals surface area contributed by atoms with Crippen molar-refractivity contribution in [3.8, 4) is 56.5 Å².